The van der Waals surface area contributed by atoms with Gasteiger partial charge in [0.2, 0.25) is 0 Å². The van der Waals surface area contributed by atoms with Crippen molar-refractivity contribution in [1.29, 1.82) is 0 Å². The molecule has 2 aromatic carbocycles. The molecule has 0 aliphatic carbocycles. The van der Waals surface area contributed by atoms with E-state index in [9.17, 15) is 0 Å². The van der Waals surface area contributed by atoms with Gasteiger partial charge in [0.05, 0.1) is 17.1 Å². The van der Waals surface area contributed by atoms with Crippen LogP contribution >= 0.6 is 11.6 Å². The van der Waals surface area contributed by atoms with E-state index in [0.717, 1.165) is 45.1 Å². The van der Waals surface area contributed by atoms with Crippen LogP contribution in [0.5, 0.6) is 0 Å². The molecule has 0 amide bonds. The summed E-state index contributed by atoms with van der Waals surface area (Å²) in [6.07, 6.45) is 4.36. The maximum atomic E-state index is 6.58. The lowest BCUT2D eigenvalue weighted by Gasteiger charge is -2.15. The highest BCUT2D eigenvalue weighted by Crippen LogP contribution is 2.31. The molecule has 4 aromatic rings. The number of halogens is 1. The summed E-state index contributed by atoms with van der Waals surface area (Å²) >= 11 is 6.42. The highest BCUT2D eigenvalue weighted by molar-refractivity contribution is 6.32. The van der Waals surface area contributed by atoms with Crippen molar-refractivity contribution < 1.29 is 0 Å². The lowest BCUT2D eigenvalue weighted by Crippen LogP contribution is -2.17. The molecular weight excluding hydrogens is 344 g/mol. The highest BCUT2D eigenvalue weighted by Gasteiger charge is 2.20. The second-order valence-corrected chi connectivity index (χ2v) is 6.59. The first-order valence-corrected chi connectivity index (χ1v) is 8.98. The van der Waals surface area contributed by atoms with Crippen LogP contribution in [-0.2, 0) is 6.42 Å². The van der Waals surface area contributed by atoms with Crippen LogP contribution in [0.4, 0.5) is 0 Å². The predicted octanol–water partition coefficient (Wildman–Crippen LogP) is 4.68. The summed E-state index contributed by atoms with van der Waals surface area (Å²) in [6, 6.07) is 17.7. The Bertz CT molecular complexity index is 1040. The van der Waals surface area contributed by atoms with E-state index in [1.807, 2.05) is 36.4 Å². The number of imidazole rings is 1. The average molecular weight is 363 g/mol. The van der Waals surface area contributed by atoms with Crippen LogP contribution in [-0.4, -0.2) is 14.5 Å². The molecule has 130 valence electrons. The largest absolute Gasteiger partial charge is 0.318 e. The number of aryl methyl sites for hydroxylation is 1. The highest BCUT2D eigenvalue weighted by atomic mass is 35.5. The number of hydrogen-bond donors (Lipinski definition) is 1. The quantitative estimate of drug-likeness (QED) is 0.573. The second-order valence-electron chi connectivity index (χ2n) is 6.19. The molecular formula is C21H19ClN4. The molecule has 5 heteroatoms. The first-order valence-electron chi connectivity index (χ1n) is 8.60. The molecule has 2 aromatic heterocycles. The third-order valence-electron chi connectivity index (χ3n) is 4.59. The van der Waals surface area contributed by atoms with Crippen LogP contribution in [0.2, 0.25) is 5.02 Å². The Balaban J connectivity index is 2.00. The number of nitrogens with two attached hydrogens (primary N) is 1. The Morgan fingerprint density at radius 3 is 2.50 bits per heavy atom. The SMILES string of the molecule is CCc1cc2c(cc1Cl)nc(C(N)c1ccncc1)n2-c1ccccc1. The number of aromatic nitrogens is 3. The summed E-state index contributed by atoms with van der Waals surface area (Å²) < 4.78 is 2.12. The van der Waals surface area contributed by atoms with Gasteiger partial charge >= 0.3 is 0 Å². The number of rotatable bonds is 4. The molecule has 0 fully saturated rings. The van der Waals surface area contributed by atoms with Gasteiger partial charge in [-0.1, -0.05) is 36.7 Å². The van der Waals surface area contributed by atoms with Gasteiger partial charge < -0.3 is 5.73 Å². The number of pyridine rings is 1. The lowest BCUT2D eigenvalue weighted by molar-refractivity contribution is 0.765. The Morgan fingerprint density at radius 1 is 1.08 bits per heavy atom. The molecule has 0 saturated heterocycles. The van der Waals surface area contributed by atoms with Crippen LogP contribution in [0, 0.1) is 0 Å². The molecule has 0 aliphatic rings. The van der Waals surface area contributed by atoms with Crippen molar-refractivity contribution in [2.24, 2.45) is 5.73 Å². The Hall–Kier alpha value is -2.69. The summed E-state index contributed by atoms with van der Waals surface area (Å²) in [5, 5.41) is 0.738. The van der Waals surface area contributed by atoms with Gasteiger partial charge in [-0.2, -0.15) is 0 Å². The topological polar surface area (TPSA) is 56.7 Å². The molecule has 26 heavy (non-hydrogen) atoms. The zero-order chi connectivity index (χ0) is 18.1. The second kappa shape index (κ2) is 6.90. The van der Waals surface area contributed by atoms with Crippen LogP contribution in [0.1, 0.15) is 29.9 Å². The first kappa shape index (κ1) is 16.8. The molecule has 0 bridgehead atoms. The minimum atomic E-state index is -0.366. The van der Waals surface area contributed by atoms with E-state index in [2.05, 4.69) is 34.7 Å². The molecule has 0 radical (unpaired) electrons. The normalized spacial score (nSPS) is 12.4. The predicted molar refractivity (Wildman–Crippen MR) is 106 cm³/mol. The fourth-order valence-corrected chi connectivity index (χ4v) is 3.50. The molecule has 0 saturated carbocycles. The van der Waals surface area contributed by atoms with Gasteiger partial charge in [-0.25, -0.2) is 4.98 Å². The van der Waals surface area contributed by atoms with Crippen LogP contribution in [0.25, 0.3) is 16.7 Å². The number of hydrogen-bond acceptors (Lipinski definition) is 3. The van der Waals surface area contributed by atoms with E-state index in [-0.39, 0.29) is 6.04 Å². The molecule has 2 N–H and O–H groups in total. The monoisotopic (exact) mass is 362 g/mol. The summed E-state index contributed by atoms with van der Waals surface area (Å²) in [4.78, 5) is 8.91. The van der Waals surface area contributed by atoms with Gasteiger partial charge in [-0.05, 0) is 53.9 Å². The number of para-hydroxylation sites is 1. The lowest BCUT2D eigenvalue weighted by atomic mass is 10.1. The zero-order valence-corrected chi connectivity index (χ0v) is 15.2. The minimum absolute atomic E-state index is 0.366. The van der Waals surface area contributed by atoms with Gasteiger partial charge in [0.1, 0.15) is 5.82 Å². The first-order chi connectivity index (χ1) is 12.7. The van der Waals surface area contributed by atoms with Crippen LogP contribution in [0.3, 0.4) is 0 Å². The summed E-state index contributed by atoms with van der Waals surface area (Å²) in [5.74, 6) is 0.779. The van der Waals surface area contributed by atoms with E-state index >= 15 is 0 Å². The van der Waals surface area contributed by atoms with E-state index in [1.165, 1.54) is 0 Å². The van der Waals surface area contributed by atoms with Crippen molar-refractivity contribution in [1.82, 2.24) is 14.5 Å². The van der Waals surface area contributed by atoms with E-state index in [0.29, 0.717) is 0 Å². The summed E-state index contributed by atoms with van der Waals surface area (Å²) in [7, 11) is 0. The number of nitrogens with zero attached hydrogens (tertiary/aromatic N) is 3. The van der Waals surface area contributed by atoms with E-state index < -0.39 is 0 Å². The van der Waals surface area contributed by atoms with Gasteiger partial charge in [0.25, 0.3) is 0 Å². The molecule has 1 atom stereocenters. The third kappa shape index (κ3) is 2.87. The Kier molecular flexibility index (Phi) is 4.45. The number of fused-ring (bicyclic) bond motifs is 1. The zero-order valence-electron chi connectivity index (χ0n) is 14.4. The fraction of sp³-hybridized carbons (Fsp3) is 0.143. The van der Waals surface area contributed by atoms with Gasteiger partial charge in [0.15, 0.2) is 0 Å². The summed E-state index contributed by atoms with van der Waals surface area (Å²) in [6.45, 7) is 2.10. The fourth-order valence-electron chi connectivity index (χ4n) is 3.21. The van der Waals surface area contributed by atoms with Crippen molar-refractivity contribution in [2.75, 3.05) is 0 Å². The van der Waals surface area contributed by atoms with Crippen molar-refractivity contribution in [2.45, 2.75) is 19.4 Å². The molecule has 1 unspecified atom stereocenters. The van der Waals surface area contributed by atoms with Crippen LogP contribution < -0.4 is 5.73 Å². The smallest absolute Gasteiger partial charge is 0.136 e. The van der Waals surface area contributed by atoms with E-state index in [1.54, 1.807) is 12.4 Å². The molecule has 0 aliphatic heterocycles. The van der Waals surface area contributed by atoms with E-state index in [4.69, 9.17) is 22.3 Å². The molecule has 4 nitrogen and oxygen atoms in total. The van der Waals surface area contributed by atoms with Crippen molar-refractivity contribution in [3.05, 3.63) is 89.0 Å². The van der Waals surface area contributed by atoms with Crippen molar-refractivity contribution in [3.8, 4) is 5.69 Å². The maximum Gasteiger partial charge on any atom is 0.136 e. The third-order valence-corrected chi connectivity index (χ3v) is 4.94. The Labute approximate surface area is 157 Å². The Morgan fingerprint density at radius 2 is 1.81 bits per heavy atom. The van der Waals surface area contributed by atoms with Gasteiger partial charge in [-0.3, -0.25) is 9.55 Å². The number of benzene rings is 2. The molecule has 0 spiro atoms. The van der Waals surface area contributed by atoms with Gasteiger partial charge in [-0.15, -0.1) is 0 Å². The van der Waals surface area contributed by atoms with Crippen molar-refractivity contribution in [3.63, 3.8) is 0 Å². The van der Waals surface area contributed by atoms with Gasteiger partial charge in [0, 0.05) is 23.1 Å². The van der Waals surface area contributed by atoms with Crippen LogP contribution in [0.15, 0.2) is 67.0 Å². The van der Waals surface area contributed by atoms with Crippen molar-refractivity contribution >= 4 is 22.6 Å². The average Bonchev–Trinajstić information content (AvgIpc) is 3.06. The molecule has 2 heterocycles. The summed E-state index contributed by atoms with van der Waals surface area (Å²) in [5.41, 5.74) is 11.5. The maximum absolute atomic E-state index is 6.58. The minimum Gasteiger partial charge on any atom is -0.318 e. The molecule has 4 rings (SSSR count). The standard InChI is InChI=1S/C21H19ClN4/c1-2-14-12-19-18(13-17(14)22)25-21(20(23)15-8-10-24-11-9-15)26(19)16-6-4-3-5-7-16/h3-13,20H,2,23H2,1H3.